The van der Waals surface area contributed by atoms with Crippen molar-refractivity contribution in [2.24, 2.45) is 0 Å². The highest BCUT2D eigenvalue weighted by Gasteiger charge is 2.30. The summed E-state index contributed by atoms with van der Waals surface area (Å²) >= 11 is 0. The van der Waals surface area contributed by atoms with E-state index in [1.54, 1.807) is 0 Å². The number of rotatable bonds is 3. The molecule has 1 aromatic heterocycles. The van der Waals surface area contributed by atoms with E-state index in [0.29, 0.717) is 0 Å². The van der Waals surface area contributed by atoms with E-state index < -0.39 is 8.07 Å². The average Bonchev–Trinajstić information content (AvgIpc) is 2.89. The zero-order valence-corrected chi connectivity index (χ0v) is 19.2. The predicted molar refractivity (Wildman–Crippen MR) is 118 cm³/mol. The first-order valence-corrected chi connectivity index (χ1v) is 13.1. The van der Waals surface area contributed by atoms with Crippen LogP contribution in [-0.2, 0) is 0 Å². The number of nitrogens with zero attached hydrogens (tertiary/aromatic N) is 3. The predicted octanol–water partition coefficient (Wildman–Crippen LogP) is 5.33. The van der Waals surface area contributed by atoms with E-state index in [4.69, 9.17) is 5.10 Å². The minimum Gasteiger partial charge on any atom is -0.212 e. The van der Waals surface area contributed by atoms with Crippen LogP contribution in [-0.4, -0.2) is 23.1 Å². The summed E-state index contributed by atoms with van der Waals surface area (Å²) in [4.78, 5) is 0. The highest BCUT2D eigenvalue weighted by Crippen LogP contribution is 2.32. The number of aryl methyl sites for hydroxylation is 6. The summed E-state index contributed by atoms with van der Waals surface area (Å²) in [5.41, 5.74) is 11.3. The second kappa shape index (κ2) is 6.75. The van der Waals surface area contributed by atoms with E-state index in [1.165, 1.54) is 50.0 Å². The molecule has 4 heteroatoms. The molecule has 0 aliphatic carbocycles. The fraction of sp³-hybridized carbons (Fsp3) is 0.391. The molecule has 3 nitrogen and oxygen atoms in total. The van der Waals surface area contributed by atoms with Gasteiger partial charge in [-0.3, -0.25) is 0 Å². The van der Waals surface area contributed by atoms with E-state index >= 15 is 0 Å². The van der Waals surface area contributed by atoms with Crippen molar-refractivity contribution in [3.63, 3.8) is 0 Å². The molecule has 0 radical (unpaired) electrons. The van der Waals surface area contributed by atoms with Crippen LogP contribution < -0.4 is 5.32 Å². The van der Waals surface area contributed by atoms with Gasteiger partial charge in [-0.05, 0) is 63.8 Å². The molecule has 0 bridgehead atoms. The summed E-state index contributed by atoms with van der Waals surface area (Å²) < 4.78 is 2.10. The maximum atomic E-state index is 4.72. The van der Waals surface area contributed by atoms with Crippen molar-refractivity contribution in [2.75, 3.05) is 0 Å². The Labute approximate surface area is 164 Å². The van der Waals surface area contributed by atoms with Crippen molar-refractivity contribution in [1.82, 2.24) is 15.0 Å². The molecule has 0 fully saturated rings. The van der Waals surface area contributed by atoms with Gasteiger partial charge in [-0.25, -0.2) is 4.68 Å². The highest BCUT2D eigenvalue weighted by molar-refractivity contribution is 6.89. The zero-order chi connectivity index (χ0) is 20.1. The number of aromatic nitrogens is 3. The van der Waals surface area contributed by atoms with Crippen LogP contribution in [0.15, 0.2) is 24.3 Å². The molecule has 0 aliphatic heterocycles. The van der Waals surface area contributed by atoms with Gasteiger partial charge in [0.25, 0.3) is 0 Å². The third kappa shape index (κ3) is 3.50. The zero-order valence-electron chi connectivity index (χ0n) is 18.2. The lowest BCUT2D eigenvalue weighted by atomic mass is 9.97. The van der Waals surface area contributed by atoms with E-state index in [9.17, 15) is 0 Å². The minimum atomic E-state index is -1.67. The number of hydrogen-bond acceptors (Lipinski definition) is 2. The van der Waals surface area contributed by atoms with Crippen LogP contribution in [0.4, 0.5) is 0 Å². The quantitative estimate of drug-likeness (QED) is 0.578. The van der Waals surface area contributed by atoms with E-state index in [2.05, 4.69) is 95.3 Å². The Morgan fingerprint density at radius 3 is 1.59 bits per heavy atom. The smallest absolute Gasteiger partial charge is 0.107 e. The van der Waals surface area contributed by atoms with Crippen molar-refractivity contribution >= 4 is 13.4 Å². The molecule has 27 heavy (non-hydrogen) atoms. The van der Waals surface area contributed by atoms with Gasteiger partial charge in [0.2, 0.25) is 0 Å². The van der Waals surface area contributed by atoms with Crippen molar-refractivity contribution < 1.29 is 0 Å². The van der Waals surface area contributed by atoms with Crippen LogP contribution in [0, 0.1) is 41.5 Å². The molecule has 1 heterocycles. The van der Waals surface area contributed by atoms with Gasteiger partial charge in [0.05, 0.1) is 16.7 Å². The van der Waals surface area contributed by atoms with Gasteiger partial charge >= 0.3 is 0 Å². The first-order valence-electron chi connectivity index (χ1n) is 9.63. The van der Waals surface area contributed by atoms with Crippen molar-refractivity contribution in [2.45, 2.75) is 61.2 Å². The van der Waals surface area contributed by atoms with Crippen LogP contribution in [0.1, 0.15) is 33.4 Å². The van der Waals surface area contributed by atoms with Gasteiger partial charge in [-0.1, -0.05) is 60.2 Å². The van der Waals surface area contributed by atoms with E-state index in [-0.39, 0.29) is 0 Å². The molecular formula is C23H31N3Si. The second-order valence-electron chi connectivity index (χ2n) is 8.97. The van der Waals surface area contributed by atoms with Crippen molar-refractivity contribution in [1.29, 1.82) is 0 Å². The van der Waals surface area contributed by atoms with Crippen LogP contribution >= 0.6 is 0 Å². The third-order valence-corrected chi connectivity index (χ3v) is 6.90. The van der Waals surface area contributed by atoms with Crippen LogP contribution in [0.25, 0.3) is 16.9 Å². The molecule has 0 N–H and O–H groups in total. The van der Waals surface area contributed by atoms with E-state index in [1.807, 2.05) is 0 Å². The Hall–Kier alpha value is -2.20. The molecule has 0 atom stereocenters. The third-order valence-electron chi connectivity index (χ3n) is 5.14. The molecule has 0 saturated heterocycles. The fourth-order valence-corrected chi connectivity index (χ4v) is 5.51. The maximum absolute atomic E-state index is 4.72. The molecular weight excluding hydrogens is 346 g/mol. The lowest BCUT2D eigenvalue weighted by molar-refractivity contribution is 0.798. The summed E-state index contributed by atoms with van der Waals surface area (Å²) in [5, 5.41) is 10.6. The SMILES string of the molecule is Cc1cc(C)c(-c2c([Si](C)(C)C)nnn2-c2c(C)cc(C)cc2C)c(C)c1. The topological polar surface area (TPSA) is 30.7 Å². The lowest BCUT2D eigenvalue weighted by Gasteiger charge is -2.21. The first-order chi connectivity index (χ1) is 12.5. The highest BCUT2D eigenvalue weighted by atomic mass is 28.3. The van der Waals surface area contributed by atoms with E-state index in [0.717, 1.165) is 5.69 Å². The molecule has 0 amide bonds. The molecule has 0 aliphatic rings. The van der Waals surface area contributed by atoms with Crippen LogP contribution in [0.5, 0.6) is 0 Å². The Bertz CT molecular complexity index is 977. The summed E-state index contributed by atoms with van der Waals surface area (Å²) in [5.74, 6) is 0. The standard InChI is InChI=1S/C23H31N3Si/c1-14-10-16(3)20(17(4)11-14)22-23(27(7,8)9)24-25-26(22)21-18(5)12-15(2)13-19(21)6/h10-13H,1-9H3. The van der Waals surface area contributed by atoms with Gasteiger partial charge in [-0.2, -0.15) is 0 Å². The summed E-state index contributed by atoms with van der Waals surface area (Å²) in [7, 11) is -1.67. The molecule has 2 aromatic carbocycles. The number of hydrogen-bond donors (Lipinski definition) is 0. The number of benzene rings is 2. The minimum absolute atomic E-state index is 1.16. The molecule has 142 valence electrons. The van der Waals surface area contributed by atoms with Crippen molar-refractivity contribution in [3.8, 4) is 16.9 Å². The normalized spacial score (nSPS) is 11.9. The average molecular weight is 378 g/mol. The molecule has 0 saturated carbocycles. The molecule has 3 rings (SSSR count). The van der Waals surface area contributed by atoms with Crippen LogP contribution in [0.3, 0.4) is 0 Å². The molecule has 3 aromatic rings. The largest absolute Gasteiger partial charge is 0.212 e. The Morgan fingerprint density at radius 1 is 0.704 bits per heavy atom. The fourth-order valence-electron chi connectivity index (χ4n) is 4.23. The monoisotopic (exact) mass is 377 g/mol. The van der Waals surface area contributed by atoms with Crippen molar-refractivity contribution in [3.05, 3.63) is 57.6 Å². The van der Waals surface area contributed by atoms with Gasteiger partial charge in [0.1, 0.15) is 8.07 Å². The molecule has 0 unspecified atom stereocenters. The lowest BCUT2D eigenvalue weighted by Crippen LogP contribution is -2.40. The van der Waals surface area contributed by atoms with Gasteiger partial charge in [0.15, 0.2) is 0 Å². The van der Waals surface area contributed by atoms with Gasteiger partial charge in [0, 0.05) is 5.56 Å². The Morgan fingerprint density at radius 2 is 1.15 bits per heavy atom. The Balaban J connectivity index is 2.43. The summed E-state index contributed by atoms with van der Waals surface area (Å²) in [6.45, 7) is 20.1. The van der Waals surface area contributed by atoms with Gasteiger partial charge in [-0.15, -0.1) is 5.10 Å². The van der Waals surface area contributed by atoms with Gasteiger partial charge < -0.3 is 0 Å². The maximum Gasteiger partial charge on any atom is 0.107 e. The second-order valence-corrected chi connectivity index (χ2v) is 13.9. The summed E-state index contributed by atoms with van der Waals surface area (Å²) in [6, 6.07) is 9.00. The summed E-state index contributed by atoms with van der Waals surface area (Å²) in [6.07, 6.45) is 0. The first kappa shape index (κ1) is 19.6. The molecule has 0 spiro atoms. The Kier molecular flexibility index (Phi) is 4.89. The van der Waals surface area contributed by atoms with Crippen LogP contribution in [0.2, 0.25) is 19.6 Å².